The first-order valence-electron chi connectivity index (χ1n) is 6.20. The van der Waals surface area contributed by atoms with Crippen LogP contribution in [0.3, 0.4) is 0 Å². The topological polar surface area (TPSA) is 61.5 Å². The van der Waals surface area contributed by atoms with E-state index in [-0.39, 0.29) is 28.7 Å². The van der Waals surface area contributed by atoms with Gasteiger partial charge in [-0.05, 0) is 31.2 Å². The van der Waals surface area contributed by atoms with Crippen molar-refractivity contribution < 1.29 is 18.7 Å². The summed E-state index contributed by atoms with van der Waals surface area (Å²) in [5.74, 6) is -0.781. The van der Waals surface area contributed by atoms with Gasteiger partial charge in [-0.2, -0.15) is 0 Å². The second-order valence-corrected chi connectivity index (χ2v) is 4.57. The van der Waals surface area contributed by atoms with Gasteiger partial charge in [-0.15, -0.1) is 0 Å². The molecule has 2 aromatic carbocycles. The number of benzene rings is 2. The Balaban J connectivity index is 2.44. The molecular formula is C15H13ClFNO3. The molecule has 4 nitrogen and oxygen atoms in total. The van der Waals surface area contributed by atoms with E-state index in [1.807, 2.05) is 0 Å². The maximum atomic E-state index is 13.2. The highest BCUT2D eigenvalue weighted by atomic mass is 35.5. The Kier molecular flexibility index (Phi) is 4.65. The Morgan fingerprint density at radius 2 is 2.10 bits per heavy atom. The highest BCUT2D eigenvalue weighted by Gasteiger charge is 2.19. The Bertz CT molecular complexity index is 676. The zero-order valence-corrected chi connectivity index (χ0v) is 12.0. The number of hydrogen-bond donors (Lipinski definition) is 1. The predicted octanol–water partition coefficient (Wildman–Crippen LogP) is 4.03. The van der Waals surface area contributed by atoms with Crippen molar-refractivity contribution >= 4 is 23.3 Å². The molecule has 0 aromatic heterocycles. The normalized spacial score (nSPS) is 10.2. The van der Waals surface area contributed by atoms with Gasteiger partial charge in [0.2, 0.25) is 0 Å². The minimum atomic E-state index is -0.613. The van der Waals surface area contributed by atoms with E-state index in [2.05, 4.69) is 0 Å². The third-order valence-electron chi connectivity index (χ3n) is 2.58. The zero-order chi connectivity index (χ0) is 15.4. The van der Waals surface area contributed by atoms with E-state index < -0.39 is 11.8 Å². The van der Waals surface area contributed by atoms with Crippen LogP contribution in [0.5, 0.6) is 11.5 Å². The Hall–Kier alpha value is -2.27. The number of nitrogens with two attached hydrogens (primary N) is 1. The zero-order valence-electron chi connectivity index (χ0n) is 11.2. The van der Waals surface area contributed by atoms with Gasteiger partial charge in [-0.3, -0.25) is 0 Å². The molecule has 0 bridgehead atoms. The predicted molar refractivity (Wildman–Crippen MR) is 78.3 cm³/mol. The SMILES string of the molecule is CCOC(=O)c1cc(N)cc(Cl)c1Oc1cccc(F)c1. The van der Waals surface area contributed by atoms with Gasteiger partial charge in [0, 0.05) is 11.8 Å². The monoisotopic (exact) mass is 309 g/mol. The van der Waals surface area contributed by atoms with Crippen LogP contribution in [0.25, 0.3) is 0 Å². The van der Waals surface area contributed by atoms with Crippen LogP contribution >= 0.6 is 11.6 Å². The summed E-state index contributed by atoms with van der Waals surface area (Å²) in [5.41, 5.74) is 6.06. The van der Waals surface area contributed by atoms with Crippen molar-refractivity contribution in [3.05, 3.63) is 52.8 Å². The lowest BCUT2D eigenvalue weighted by Gasteiger charge is -2.13. The summed E-state index contributed by atoms with van der Waals surface area (Å²) in [6.45, 7) is 1.88. The van der Waals surface area contributed by atoms with E-state index in [0.29, 0.717) is 5.69 Å². The highest BCUT2D eigenvalue weighted by molar-refractivity contribution is 6.33. The van der Waals surface area contributed by atoms with E-state index in [0.717, 1.165) is 0 Å². The molecule has 6 heteroatoms. The molecule has 0 aliphatic rings. The number of halogens is 2. The maximum absolute atomic E-state index is 13.2. The number of nitrogen functional groups attached to an aromatic ring is 1. The van der Waals surface area contributed by atoms with E-state index in [9.17, 15) is 9.18 Å². The Morgan fingerprint density at radius 3 is 2.76 bits per heavy atom. The molecule has 0 fully saturated rings. The lowest BCUT2D eigenvalue weighted by molar-refractivity contribution is 0.0523. The lowest BCUT2D eigenvalue weighted by Crippen LogP contribution is -2.08. The molecule has 21 heavy (non-hydrogen) atoms. The van der Waals surface area contributed by atoms with Gasteiger partial charge in [0.15, 0.2) is 5.75 Å². The van der Waals surface area contributed by atoms with Crippen LogP contribution in [0.15, 0.2) is 36.4 Å². The summed E-state index contributed by atoms with van der Waals surface area (Å²) >= 11 is 6.06. The molecule has 0 aliphatic heterocycles. The number of carbonyl (C=O) groups is 1. The van der Waals surface area contributed by atoms with Gasteiger partial charge >= 0.3 is 5.97 Å². The van der Waals surface area contributed by atoms with Gasteiger partial charge in [-0.25, -0.2) is 9.18 Å². The van der Waals surface area contributed by atoms with Crippen molar-refractivity contribution in [1.82, 2.24) is 0 Å². The van der Waals surface area contributed by atoms with Gasteiger partial charge < -0.3 is 15.2 Å². The van der Waals surface area contributed by atoms with Crippen molar-refractivity contribution in [1.29, 1.82) is 0 Å². The summed E-state index contributed by atoms with van der Waals surface area (Å²) in [6, 6.07) is 8.34. The van der Waals surface area contributed by atoms with E-state index in [1.54, 1.807) is 13.0 Å². The first-order chi connectivity index (χ1) is 10.0. The van der Waals surface area contributed by atoms with Crippen molar-refractivity contribution in [3.63, 3.8) is 0 Å². The average molecular weight is 310 g/mol. The number of esters is 1. The molecule has 2 N–H and O–H groups in total. The summed E-state index contributed by atoms with van der Waals surface area (Å²) in [6.07, 6.45) is 0. The van der Waals surface area contributed by atoms with Gasteiger partial charge in [-0.1, -0.05) is 17.7 Å². The van der Waals surface area contributed by atoms with E-state index in [1.165, 1.54) is 30.3 Å². The third-order valence-corrected chi connectivity index (χ3v) is 2.86. The maximum Gasteiger partial charge on any atom is 0.342 e. The van der Waals surface area contributed by atoms with Crippen LogP contribution in [0.2, 0.25) is 5.02 Å². The number of anilines is 1. The third kappa shape index (κ3) is 3.64. The fraction of sp³-hybridized carbons (Fsp3) is 0.133. The molecule has 0 aliphatic carbocycles. The number of rotatable bonds is 4. The first kappa shape index (κ1) is 15.1. The Labute approximate surface area is 126 Å². The summed E-state index contributed by atoms with van der Waals surface area (Å²) in [4.78, 5) is 11.9. The average Bonchev–Trinajstić information content (AvgIpc) is 2.42. The fourth-order valence-corrected chi connectivity index (χ4v) is 1.99. The van der Waals surface area contributed by atoms with Crippen LogP contribution < -0.4 is 10.5 Å². The fourth-order valence-electron chi connectivity index (χ4n) is 1.73. The van der Waals surface area contributed by atoms with Crippen LogP contribution in [-0.4, -0.2) is 12.6 Å². The molecule has 2 aromatic rings. The van der Waals surface area contributed by atoms with Gasteiger partial charge in [0.05, 0.1) is 11.6 Å². The van der Waals surface area contributed by atoms with Crippen LogP contribution in [-0.2, 0) is 4.74 Å². The molecular weight excluding hydrogens is 297 g/mol. The summed E-state index contributed by atoms with van der Waals surface area (Å²) < 4.78 is 23.6. The molecule has 2 rings (SSSR count). The minimum Gasteiger partial charge on any atom is -0.462 e. The molecule has 0 atom stereocenters. The van der Waals surface area contributed by atoms with Crippen molar-refractivity contribution in [3.8, 4) is 11.5 Å². The molecule has 0 saturated heterocycles. The number of hydrogen-bond acceptors (Lipinski definition) is 4. The molecule has 0 amide bonds. The van der Waals surface area contributed by atoms with Crippen LogP contribution in [0.4, 0.5) is 10.1 Å². The highest BCUT2D eigenvalue weighted by Crippen LogP contribution is 2.35. The minimum absolute atomic E-state index is 0.0786. The quantitative estimate of drug-likeness (QED) is 0.684. The molecule has 0 heterocycles. The second kappa shape index (κ2) is 6.45. The molecule has 0 unspecified atom stereocenters. The molecule has 110 valence electrons. The first-order valence-corrected chi connectivity index (χ1v) is 6.58. The van der Waals surface area contributed by atoms with Crippen molar-refractivity contribution in [2.75, 3.05) is 12.3 Å². The lowest BCUT2D eigenvalue weighted by atomic mass is 10.1. The van der Waals surface area contributed by atoms with E-state index in [4.69, 9.17) is 26.8 Å². The van der Waals surface area contributed by atoms with Gasteiger partial charge in [0.25, 0.3) is 0 Å². The number of carbonyl (C=O) groups excluding carboxylic acids is 1. The number of ether oxygens (including phenoxy) is 2. The standard InChI is InChI=1S/C15H13ClFNO3/c1-2-20-15(19)12-7-10(18)8-13(16)14(12)21-11-5-3-4-9(17)6-11/h3-8H,2,18H2,1H3. The Morgan fingerprint density at radius 1 is 1.33 bits per heavy atom. The summed E-state index contributed by atoms with van der Waals surface area (Å²) in [5, 5.41) is 0.141. The van der Waals surface area contributed by atoms with Crippen molar-refractivity contribution in [2.24, 2.45) is 0 Å². The molecule has 0 radical (unpaired) electrons. The second-order valence-electron chi connectivity index (χ2n) is 4.16. The van der Waals surface area contributed by atoms with Crippen LogP contribution in [0, 0.1) is 5.82 Å². The van der Waals surface area contributed by atoms with Gasteiger partial charge in [0.1, 0.15) is 17.1 Å². The molecule has 0 saturated carbocycles. The largest absolute Gasteiger partial charge is 0.462 e. The van der Waals surface area contributed by atoms with Crippen molar-refractivity contribution in [2.45, 2.75) is 6.92 Å². The smallest absolute Gasteiger partial charge is 0.342 e. The summed E-state index contributed by atoms with van der Waals surface area (Å²) in [7, 11) is 0. The molecule has 0 spiro atoms. The van der Waals surface area contributed by atoms with E-state index >= 15 is 0 Å². The van der Waals surface area contributed by atoms with Crippen LogP contribution in [0.1, 0.15) is 17.3 Å².